The van der Waals surface area contributed by atoms with Crippen LogP contribution < -0.4 is 15.0 Å². The Morgan fingerprint density at radius 3 is 2.25 bits per heavy atom. The lowest BCUT2D eigenvalue weighted by molar-refractivity contribution is -0.120. The van der Waals surface area contributed by atoms with Crippen molar-refractivity contribution in [2.24, 2.45) is 0 Å². The van der Waals surface area contributed by atoms with E-state index in [0.717, 1.165) is 0 Å². The van der Waals surface area contributed by atoms with Crippen molar-refractivity contribution in [3.8, 4) is 11.8 Å². The van der Waals surface area contributed by atoms with Gasteiger partial charge in [-0.15, -0.1) is 0 Å². The molecule has 0 saturated carbocycles. The lowest BCUT2D eigenvalue weighted by Gasteiger charge is -2.21. The summed E-state index contributed by atoms with van der Waals surface area (Å²) >= 11 is 0. The number of benzene rings is 2. The zero-order valence-corrected chi connectivity index (χ0v) is 13.4. The molecule has 0 unspecified atom stereocenters. The van der Waals surface area contributed by atoms with Crippen molar-refractivity contribution in [1.82, 2.24) is 0 Å². The van der Waals surface area contributed by atoms with Crippen LogP contribution in [0.4, 0.5) is 11.4 Å². The average Bonchev–Trinajstić information content (AvgIpc) is 2.60. The highest BCUT2D eigenvalue weighted by atomic mass is 16.5. The first-order valence-corrected chi connectivity index (χ1v) is 7.25. The molecule has 2 rings (SSSR count). The molecule has 0 spiro atoms. The van der Waals surface area contributed by atoms with Crippen molar-refractivity contribution >= 4 is 23.2 Å². The summed E-state index contributed by atoms with van der Waals surface area (Å²) in [6.45, 7) is 1.29. The summed E-state index contributed by atoms with van der Waals surface area (Å²) in [7, 11) is 1.56. The van der Waals surface area contributed by atoms with Gasteiger partial charge in [0.05, 0.1) is 18.7 Å². The van der Waals surface area contributed by atoms with Crippen molar-refractivity contribution in [2.75, 3.05) is 23.9 Å². The number of nitrogens with one attached hydrogen (secondary N) is 1. The van der Waals surface area contributed by atoms with Crippen LogP contribution in [0.5, 0.6) is 5.75 Å². The van der Waals surface area contributed by atoms with E-state index in [4.69, 9.17) is 10.00 Å². The van der Waals surface area contributed by atoms with Gasteiger partial charge in [-0.3, -0.25) is 9.59 Å². The van der Waals surface area contributed by atoms with Gasteiger partial charge >= 0.3 is 0 Å². The fraction of sp³-hybridized carbons (Fsp3) is 0.167. The minimum absolute atomic E-state index is 0.109. The number of anilines is 2. The molecule has 0 heterocycles. The van der Waals surface area contributed by atoms with Crippen LogP contribution in [0.1, 0.15) is 12.5 Å². The van der Waals surface area contributed by atoms with E-state index in [1.165, 1.54) is 11.8 Å². The highest BCUT2D eigenvalue weighted by Gasteiger charge is 2.16. The molecule has 24 heavy (non-hydrogen) atoms. The molecule has 2 amide bonds. The molecule has 0 atom stereocenters. The standard InChI is InChI=1S/C18H17N3O3/c1-13(22)21(16-7-9-17(24-2)10-8-16)12-18(23)20-15-5-3-14(11-19)4-6-15/h3-10H,12H2,1-2H3,(H,20,23). The van der Waals surface area contributed by atoms with Gasteiger partial charge in [-0.25, -0.2) is 0 Å². The SMILES string of the molecule is COc1ccc(N(CC(=O)Nc2ccc(C#N)cc2)C(C)=O)cc1. The number of amides is 2. The first-order chi connectivity index (χ1) is 11.5. The van der Waals surface area contributed by atoms with Gasteiger partial charge in [0.25, 0.3) is 0 Å². The lowest BCUT2D eigenvalue weighted by atomic mass is 10.2. The Labute approximate surface area is 140 Å². The molecule has 0 aliphatic heterocycles. The fourth-order valence-electron chi connectivity index (χ4n) is 2.12. The molecule has 0 saturated heterocycles. The molecule has 0 aliphatic rings. The quantitative estimate of drug-likeness (QED) is 0.916. The van der Waals surface area contributed by atoms with E-state index in [0.29, 0.717) is 22.7 Å². The predicted molar refractivity (Wildman–Crippen MR) is 90.8 cm³/mol. The molecule has 2 aromatic carbocycles. The number of hydrogen-bond acceptors (Lipinski definition) is 4. The minimum Gasteiger partial charge on any atom is -0.497 e. The summed E-state index contributed by atoms with van der Waals surface area (Å²) in [5.74, 6) is 0.102. The van der Waals surface area contributed by atoms with E-state index in [1.54, 1.807) is 55.6 Å². The van der Waals surface area contributed by atoms with Crippen LogP contribution in [0.2, 0.25) is 0 Å². The van der Waals surface area contributed by atoms with Crippen LogP contribution in [-0.4, -0.2) is 25.5 Å². The maximum absolute atomic E-state index is 12.2. The minimum atomic E-state index is -0.328. The van der Waals surface area contributed by atoms with Crippen molar-refractivity contribution in [3.63, 3.8) is 0 Å². The van der Waals surface area contributed by atoms with Crippen molar-refractivity contribution < 1.29 is 14.3 Å². The number of carbonyl (C=O) groups excluding carboxylic acids is 2. The van der Waals surface area contributed by atoms with Crippen LogP contribution in [0, 0.1) is 11.3 Å². The molecule has 122 valence electrons. The Balaban J connectivity index is 2.07. The molecule has 2 aromatic rings. The Bertz CT molecular complexity index is 762. The normalized spacial score (nSPS) is 9.71. The third kappa shape index (κ3) is 4.34. The number of ether oxygens (including phenoxy) is 1. The van der Waals surface area contributed by atoms with Gasteiger partial charge in [0, 0.05) is 18.3 Å². The van der Waals surface area contributed by atoms with Crippen LogP contribution in [0.15, 0.2) is 48.5 Å². The molecule has 0 fully saturated rings. The van der Waals surface area contributed by atoms with Crippen LogP contribution in [-0.2, 0) is 9.59 Å². The van der Waals surface area contributed by atoms with E-state index in [2.05, 4.69) is 5.32 Å². The molecule has 0 aromatic heterocycles. The molecule has 0 radical (unpaired) electrons. The maximum atomic E-state index is 12.2. The summed E-state index contributed by atoms with van der Waals surface area (Å²) in [5.41, 5.74) is 1.69. The Morgan fingerprint density at radius 2 is 1.75 bits per heavy atom. The summed E-state index contributed by atoms with van der Waals surface area (Å²) in [4.78, 5) is 25.4. The molecule has 6 heteroatoms. The van der Waals surface area contributed by atoms with Crippen molar-refractivity contribution in [1.29, 1.82) is 5.26 Å². The summed E-state index contributed by atoms with van der Waals surface area (Å²) in [5, 5.41) is 11.5. The second kappa shape index (κ2) is 7.79. The van der Waals surface area contributed by atoms with E-state index < -0.39 is 0 Å². The summed E-state index contributed by atoms with van der Waals surface area (Å²) < 4.78 is 5.08. The number of nitrogens with zero attached hydrogens (tertiary/aromatic N) is 2. The average molecular weight is 323 g/mol. The van der Waals surface area contributed by atoms with Gasteiger partial charge in [-0.05, 0) is 48.5 Å². The van der Waals surface area contributed by atoms with E-state index in [9.17, 15) is 9.59 Å². The van der Waals surface area contributed by atoms with Gasteiger partial charge < -0.3 is 15.0 Å². The monoisotopic (exact) mass is 323 g/mol. The van der Waals surface area contributed by atoms with Gasteiger partial charge in [-0.1, -0.05) is 0 Å². The number of methoxy groups -OCH3 is 1. The van der Waals surface area contributed by atoms with E-state index in [-0.39, 0.29) is 18.4 Å². The Hall–Kier alpha value is -3.33. The third-order valence-corrected chi connectivity index (χ3v) is 3.36. The topological polar surface area (TPSA) is 82.4 Å². The highest BCUT2D eigenvalue weighted by molar-refractivity contribution is 6.01. The highest BCUT2D eigenvalue weighted by Crippen LogP contribution is 2.19. The van der Waals surface area contributed by atoms with Gasteiger partial charge in [0.15, 0.2) is 0 Å². The zero-order chi connectivity index (χ0) is 17.5. The number of rotatable bonds is 5. The number of nitriles is 1. The fourth-order valence-corrected chi connectivity index (χ4v) is 2.12. The smallest absolute Gasteiger partial charge is 0.244 e. The summed E-state index contributed by atoms with van der Waals surface area (Å²) in [6.07, 6.45) is 0. The molecular weight excluding hydrogens is 306 g/mol. The Morgan fingerprint density at radius 1 is 1.12 bits per heavy atom. The van der Waals surface area contributed by atoms with Crippen molar-refractivity contribution in [3.05, 3.63) is 54.1 Å². The van der Waals surface area contributed by atoms with E-state index in [1.807, 2.05) is 6.07 Å². The molecular formula is C18H17N3O3. The summed E-state index contributed by atoms with van der Waals surface area (Å²) in [6, 6.07) is 15.4. The van der Waals surface area contributed by atoms with Crippen molar-refractivity contribution in [2.45, 2.75) is 6.92 Å². The van der Waals surface area contributed by atoms with Gasteiger partial charge in [0.2, 0.25) is 11.8 Å². The third-order valence-electron chi connectivity index (χ3n) is 3.36. The first-order valence-electron chi connectivity index (χ1n) is 7.25. The van der Waals surface area contributed by atoms with Gasteiger partial charge in [0.1, 0.15) is 12.3 Å². The van der Waals surface area contributed by atoms with Crippen LogP contribution in [0.3, 0.4) is 0 Å². The second-order valence-corrected chi connectivity index (χ2v) is 5.04. The maximum Gasteiger partial charge on any atom is 0.244 e. The predicted octanol–water partition coefficient (Wildman–Crippen LogP) is 2.56. The number of hydrogen-bond donors (Lipinski definition) is 1. The zero-order valence-electron chi connectivity index (χ0n) is 13.4. The molecule has 0 aliphatic carbocycles. The second-order valence-electron chi connectivity index (χ2n) is 5.04. The molecule has 1 N–H and O–H groups in total. The number of carbonyl (C=O) groups is 2. The molecule has 0 bridgehead atoms. The largest absolute Gasteiger partial charge is 0.497 e. The van der Waals surface area contributed by atoms with Gasteiger partial charge in [-0.2, -0.15) is 5.26 Å². The van der Waals surface area contributed by atoms with E-state index >= 15 is 0 Å². The van der Waals surface area contributed by atoms with Crippen LogP contribution >= 0.6 is 0 Å². The first kappa shape index (κ1) is 17.0. The molecule has 6 nitrogen and oxygen atoms in total. The lowest BCUT2D eigenvalue weighted by Crippen LogP contribution is -2.36. The Kier molecular flexibility index (Phi) is 5.53. The van der Waals surface area contributed by atoms with Crippen LogP contribution in [0.25, 0.3) is 0 Å².